The number of ether oxygens (including phenoxy) is 1. The number of aryl methyl sites for hydroxylation is 1. The van der Waals surface area contributed by atoms with E-state index in [2.05, 4.69) is 20.7 Å². The first-order valence-electron chi connectivity index (χ1n) is 8.73. The molecule has 2 N–H and O–H groups in total. The lowest BCUT2D eigenvalue weighted by atomic mass is 10.1. The zero-order valence-corrected chi connectivity index (χ0v) is 15.5. The van der Waals surface area contributed by atoms with Crippen molar-refractivity contribution in [2.24, 2.45) is 7.05 Å². The summed E-state index contributed by atoms with van der Waals surface area (Å²) < 4.78 is 6.93. The van der Waals surface area contributed by atoms with Gasteiger partial charge in [-0.1, -0.05) is 12.1 Å². The minimum absolute atomic E-state index is 0.209. The Morgan fingerprint density at radius 2 is 1.85 bits per heavy atom. The van der Waals surface area contributed by atoms with E-state index in [1.165, 1.54) is 0 Å². The maximum atomic E-state index is 12.0. The van der Waals surface area contributed by atoms with Crippen LogP contribution in [-0.4, -0.2) is 34.5 Å². The van der Waals surface area contributed by atoms with Crippen molar-refractivity contribution in [2.75, 3.05) is 13.7 Å². The van der Waals surface area contributed by atoms with Gasteiger partial charge in [0.2, 0.25) is 0 Å². The van der Waals surface area contributed by atoms with Crippen LogP contribution >= 0.6 is 0 Å². The number of carbonyl (C=O) groups excluding carboxylic acids is 1. The number of nitrogens with zero attached hydrogens (tertiary/aromatic N) is 3. The van der Waals surface area contributed by atoms with Crippen molar-refractivity contribution in [1.29, 1.82) is 0 Å². The van der Waals surface area contributed by atoms with Crippen molar-refractivity contribution in [3.05, 3.63) is 66.1 Å². The molecule has 2 amide bonds. The summed E-state index contributed by atoms with van der Waals surface area (Å²) in [6.45, 7) is 0.927. The van der Waals surface area contributed by atoms with Gasteiger partial charge in [0.15, 0.2) is 0 Å². The Labute approximate surface area is 158 Å². The van der Waals surface area contributed by atoms with Crippen LogP contribution in [0.3, 0.4) is 0 Å². The Balaban J connectivity index is 1.45. The van der Waals surface area contributed by atoms with E-state index >= 15 is 0 Å². The summed E-state index contributed by atoms with van der Waals surface area (Å²) in [4.78, 5) is 16.0. The summed E-state index contributed by atoms with van der Waals surface area (Å²) in [6, 6.07) is 13.4. The van der Waals surface area contributed by atoms with Crippen LogP contribution in [0.25, 0.3) is 11.3 Å². The van der Waals surface area contributed by atoms with Gasteiger partial charge in [-0.15, -0.1) is 0 Å². The second-order valence-corrected chi connectivity index (χ2v) is 6.09. The van der Waals surface area contributed by atoms with Gasteiger partial charge in [0.25, 0.3) is 0 Å². The Hall–Kier alpha value is -3.35. The number of hydrogen-bond acceptors (Lipinski definition) is 4. The maximum absolute atomic E-state index is 12.0. The minimum atomic E-state index is -0.209. The monoisotopic (exact) mass is 365 g/mol. The first-order valence-corrected chi connectivity index (χ1v) is 8.73. The van der Waals surface area contributed by atoms with Crippen LogP contribution in [0.15, 0.2) is 54.9 Å². The molecular formula is C20H23N5O2. The molecule has 140 valence electrons. The molecule has 2 heterocycles. The smallest absolute Gasteiger partial charge is 0.315 e. The van der Waals surface area contributed by atoms with Crippen molar-refractivity contribution < 1.29 is 9.53 Å². The zero-order chi connectivity index (χ0) is 19.1. The number of nitrogens with one attached hydrogen (secondary N) is 2. The molecule has 7 heteroatoms. The molecule has 0 aliphatic carbocycles. The minimum Gasteiger partial charge on any atom is -0.497 e. The van der Waals surface area contributed by atoms with Crippen LogP contribution in [0.1, 0.15) is 11.3 Å². The molecule has 0 saturated heterocycles. The molecular weight excluding hydrogens is 342 g/mol. The molecule has 0 atom stereocenters. The van der Waals surface area contributed by atoms with Crippen molar-refractivity contribution in [3.63, 3.8) is 0 Å². The highest BCUT2D eigenvalue weighted by molar-refractivity contribution is 5.73. The molecule has 0 unspecified atom stereocenters. The Bertz CT molecular complexity index is 875. The van der Waals surface area contributed by atoms with Crippen LogP contribution < -0.4 is 15.4 Å². The lowest BCUT2D eigenvalue weighted by molar-refractivity contribution is 0.240. The molecule has 0 fully saturated rings. The van der Waals surface area contributed by atoms with E-state index in [1.807, 2.05) is 49.5 Å². The van der Waals surface area contributed by atoms with Crippen LogP contribution in [-0.2, 0) is 20.0 Å². The van der Waals surface area contributed by atoms with Gasteiger partial charge in [-0.05, 0) is 42.3 Å². The average molecular weight is 365 g/mol. The molecule has 0 aliphatic heterocycles. The third-order valence-electron chi connectivity index (χ3n) is 4.19. The van der Waals surface area contributed by atoms with Gasteiger partial charge in [-0.25, -0.2) is 4.79 Å². The van der Waals surface area contributed by atoms with E-state index in [4.69, 9.17) is 4.74 Å². The number of methoxy groups -OCH3 is 1. The number of aromatic nitrogens is 3. The van der Waals surface area contributed by atoms with E-state index in [0.717, 1.165) is 34.7 Å². The van der Waals surface area contributed by atoms with Crippen LogP contribution in [0, 0.1) is 0 Å². The van der Waals surface area contributed by atoms with E-state index < -0.39 is 0 Å². The van der Waals surface area contributed by atoms with Crippen molar-refractivity contribution in [3.8, 4) is 17.0 Å². The van der Waals surface area contributed by atoms with Crippen molar-refractivity contribution in [1.82, 2.24) is 25.4 Å². The highest BCUT2D eigenvalue weighted by Crippen LogP contribution is 2.18. The molecule has 0 saturated carbocycles. The standard InChI is InChI=1S/C20H23N5O2/c1-25-19(16-8-10-21-11-9-16)13-17(24-25)14-23-20(26)22-12-7-15-3-5-18(27-2)6-4-15/h3-6,8-11,13H,7,12,14H2,1-2H3,(H2,22,23,26). The third-order valence-corrected chi connectivity index (χ3v) is 4.19. The molecule has 2 aromatic heterocycles. The normalized spacial score (nSPS) is 10.4. The molecule has 3 rings (SSSR count). The number of benzene rings is 1. The number of hydrogen-bond donors (Lipinski definition) is 2. The van der Waals surface area contributed by atoms with Gasteiger partial charge in [-0.2, -0.15) is 5.10 Å². The number of rotatable bonds is 7. The molecule has 0 bridgehead atoms. The summed E-state index contributed by atoms with van der Waals surface area (Å²) >= 11 is 0. The molecule has 27 heavy (non-hydrogen) atoms. The van der Waals surface area contributed by atoms with Crippen molar-refractivity contribution >= 4 is 6.03 Å². The summed E-state index contributed by atoms with van der Waals surface area (Å²) in [7, 11) is 3.52. The number of urea groups is 1. The maximum Gasteiger partial charge on any atom is 0.315 e. The van der Waals surface area contributed by atoms with Gasteiger partial charge in [0.05, 0.1) is 25.0 Å². The summed E-state index contributed by atoms with van der Waals surface area (Å²) in [5.74, 6) is 0.825. The lowest BCUT2D eigenvalue weighted by Crippen LogP contribution is -2.36. The average Bonchev–Trinajstić information content (AvgIpc) is 3.08. The molecule has 1 aromatic carbocycles. The quantitative estimate of drug-likeness (QED) is 0.674. The van der Waals surface area contributed by atoms with Gasteiger partial charge < -0.3 is 15.4 Å². The van der Waals surface area contributed by atoms with Crippen LogP contribution in [0.4, 0.5) is 4.79 Å². The second-order valence-electron chi connectivity index (χ2n) is 6.09. The predicted octanol–water partition coefficient (Wildman–Crippen LogP) is 2.53. The topological polar surface area (TPSA) is 81.1 Å². The highest BCUT2D eigenvalue weighted by atomic mass is 16.5. The molecule has 0 spiro atoms. The van der Waals surface area contributed by atoms with Gasteiger partial charge in [0, 0.05) is 31.5 Å². The fourth-order valence-corrected chi connectivity index (χ4v) is 2.75. The Morgan fingerprint density at radius 3 is 2.56 bits per heavy atom. The van der Waals surface area contributed by atoms with E-state index in [0.29, 0.717) is 13.1 Å². The lowest BCUT2D eigenvalue weighted by Gasteiger charge is -2.07. The first-order chi connectivity index (χ1) is 13.2. The summed E-state index contributed by atoms with van der Waals surface area (Å²) in [5.41, 5.74) is 3.96. The number of amides is 2. The summed E-state index contributed by atoms with van der Waals surface area (Å²) in [6.07, 6.45) is 4.25. The van der Waals surface area contributed by atoms with E-state index in [1.54, 1.807) is 24.2 Å². The number of pyridine rings is 1. The number of carbonyl (C=O) groups is 1. The fraction of sp³-hybridized carbons (Fsp3) is 0.250. The SMILES string of the molecule is COc1ccc(CCNC(=O)NCc2cc(-c3ccncc3)n(C)n2)cc1. The molecule has 3 aromatic rings. The predicted molar refractivity (Wildman–Crippen MR) is 103 cm³/mol. The Kier molecular flexibility index (Phi) is 6.04. The third kappa shape index (κ3) is 5.07. The van der Waals surface area contributed by atoms with Crippen LogP contribution in [0.2, 0.25) is 0 Å². The van der Waals surface area contributed by atoms with Gasteiger partial charge in [-0.3, -0.25) is 9.67 Å². The second kappa shape index (κ2) is 8.84. The van der Waals surface area contributed by atoms with Gasteiger partial charge >= 0.3 is 6.03 Å². The van der Waals surface area contributed by atoms with Gasteiger partial charge in [0.1, 0.15) is 5.75 Å². The summed E-state index contributed by atoms with van der Waals surface area (Å²) in [5, 5.41) is 10.1. The molecule has 0 aliphatic rings. The largest absolute Gasteiger partial charge is 0.497 e. The van der Waals surface area contributed by atoms with E-state index in [9.17, 15) is 4.79 Å². The van der Waals surface area contributed by atoms with Crippen LogP contribution in [0.5, 0.6) is 5.75 Å². The van der Waals surface area contributed by atoms with Crippen molar-refractivity contribution in [2.45, 2.75) is 13.0 Å². The first kappa shape index (κ1) is 18.4. The Morgan fingerprint density at radius 1 is 1.11 bits per heavy atom. The molecule has 0 radical (unpaired) electrons. The zero-order valence-electron chi connectivity index (χ0n) is 15.5. The fourth-order valence-electron chi connectivity index (χ4n) is 2.75. The van der Waals surface area contributed by atoms with E-state index in [-0.39, 0.29) is 6.03 Å². The molecule has 7 nitrogen and oxygen atoms in total. The highest BCUT2D eigenvalue weighted by Gasteiger charge is 2.08.